The molecule has 0 atom stereocenters. The number of hydrogen-bond acceptors (Lipinski definition) is 3. The number of alkyl halides is 3. The molecule has 0 N–H and O–H groups in total. The molecule has 0 bridgehead atoms. The average molecular weight is 293 g/mol. The number of nitrogens with zero attached hydrogens (tertiary/aromatic N) is 3. The summed E-state index contributed by atoms with van der Waals surface area (Å²) in [6.07, 6.45) is 0.451. The van der Waals surface area contributed by atoms with E-state index in [1.54, 1.807) is 23.0 Å². The SMILES string of the molecule is COc1nccn2c(-c3ccc(C(F)(F)F)cc3)cnc12. The summed E-state index contributed by atoms with van der Waals surface area (Å²) in [6.45, 7) is 0. The molecule has 2 heterocycles. The van der Waals surface area contributed by atoms with Crippen molar-refractivity contribution in [2.45, 2.75) is 6.18 Å². The molecule has 3 rings (SSSR count). The number of imidazole rings is 1. The van der Waals surface area contributed by atoms with Crippen LogP contribution in [0.4, 0.5) is 13.2 Å². The molecule has 4 nitrogen and oxygen atoms in total. The molecule has 108 valence electrons. The van der Waals surface area contributed by atoms with Crippen LogP contribution in [0.5, 0.6) is 5.88 Å². The molecule has 0 saturated heterocycles. The standard InChI is InChI=1S/C14H10F3N3O/c1-21-13-12-19-8-11(20(12)7-6-18-13)9-2-4-10(5-3-9)14(15,16)17/h2-8H,1H3. The van der Waals surface area contributed by atoms with Gasteiger partial charge >= 0.3 is 6.18 Å². The number of hydrogen-bond donors (Lipinski definition) is 0. The van der Waals surface area contributed by atoms with Crippen molar-refractivity contribution in [2.75, 3.05) is 7.11 Å². The maximum absolute atomic E-state index is 12.6. The molecule has 0 radical (unpaired) electrons. The Labute approximate surface area is 117 Å². The van der Waals surface area contributed by atoms with Crippen LogP contribution in [-0.4, -0.2) is 21.5 Å². The number of aromatic nitrogens is 3. The maximum atomic E-state index is 12.6. The highest BCUT2D eigenvalue weighted by Crippen LogP contribution is 2.31. The van der Waals surface area contributed by atoms with Crippen molar-refractivity contribution in [3.8, 4) is 17.1 Å². The third-order valence-corrected chi connectivity index (χ3v) is 3.10. The van der Waals surface area contributed by atoms with Crippen molar-refractivity contribution < 1.29 is 17.9 Å². The zero-order valence-electron chi connectivity index (χ0n) is 10.9. The maximum Gasteiger partial charge on any atom is 0.416 e. The first-order valence-electron chi connectivity index (χ1n) is 6.04. The molecule has 2 aromatic heterocycles. The highest BCUT2D eigenvalue weighted by molar-refractivity contribution is 5.66. The van der Waals surface area contributed by atoms with Crippen molar-refractivity contribution in [1.29, 1.82) is 0 Å². The van der Waals surface area contributed by atoms with Gasteiger partial charge in [0.25, 0.3) is 5.88 Å². The van der Waals surface area contributed by atoms with Crippen LogP contribution in [0, 0.1) is 0 Å². The van der Waals surface area contributed by atoms with Gasteiger partial charge in [-0.25, -0.2) is 9.97 Å². The third-order valence-electron chi connectivity index (χ3n) is 3.10. The summed E-state index contributed by atoms with van der Waals surface area (Å²) in [5, 5.41) is 0. The Hall–Kier alpha value is -2.57. The molecule has 0 unspecified atom stereocenters. The minimum Gasteiger partial charge on any atom is -0.478 e. The van der Waals surface area contributed by atoms with E-state index in [-0.39, 0.29) is 0 Å². The molecule has 0 spiro atoms. The number of fused-ring (bicyclic) bond motifs is 1. The van der Waals surface area contributed by atoms with Crippen molar-refractivity contribution in [3.05, 3.63) is 48.4 Å². The molecule has 0 aliphatic heterocycles. The van der Waals surface area contributed by atoms with E-state index in [4.69, 9.17) is 4.74 Å². The number of rotatable bonds is 2. The largest absolute Gasteiger partial charge is 0.478 e. The monoisotopic (exact) mass is 293 g/mol. The van der Waals surface area contributed by atoms with E-state index < -0.39 is 11.7 Å². The molecule has 0 fully saturated rings. The predicted octanol–water partition coefficient (Wildman–Crippen LogP) is 3.42. The van der Waals surface area contributed by atoms with E-state index in [9.17, 15) is 13.2 Å². The molecular formula is C14H10F3N3O. The lowest BCUT2D eigenvalue weighted by Crippen LogP contribution is -2.04. The summed E-state index contributed by atoms with van der Waals surface area (Å²) in [7, 11) is 1.48. The van der Waals surface area contributed by atoms with Gasteiger partial charge in [-0.1, -0.05) is 12.1 Å². The van der Waals surface area contributed by atoms with E-state index in [0.29, 0.717) is 22.8 Å². The smallest absolute Gasteiger partial charge is 0.416 e. The fourth-order valence-electron chi connectivity index (χ4n) is 2.08. The molecule has 3 aromatic rings. The van der Waals surface area contributed by atoms with Crippen LogP contribution in [-0.2, 0) is 6.18 Å². The van der Waals surface area contributed by atoms with Gasteiger partial charge in [-0.05, 0) is 12.1 Å². The fraction of sp³-hybridized carbons (Fsp3) is 0.143. The Bertz CT molecular complexity index is 778. The van der Waals surface area contributed by atoms with Crippen LogP contribution < -0.4 is 4.74 Å². The third kappa shape index (κ3) is 2.31. The highest BCUT2D eigenvalue weighted by Gasteiger charge is 2.30. The van der Waals surface area contributed by atoms with E-state index in [1.165, 1.54) is 19.2 Å². The van der Waals surface area contributed by atoms with Gasteiger partial charge in [0.15, 0.2) is 0 Å². The second-order valence-electron chi connectivity index (χ2n) is 4.35. The first-order valence-corrected chi connectivity index (χ1v) is 6.04. The van der Waals surface area contributed by atoms with E-state index in [2.05, 4.69) is 9.97 Å². The Morgan fingerprint density at radius 3 is 2.43 bits per heavy atom. The number of benzene rings is 1. The Balaban J connectivity index is 2.09. The minimum absolute atomic E-state index is 0.357. The summed E-state index contributed by atoms with van der Waals surface area (Å²) >= 11 is 0. The second-order valence-corrected chi connectivity index (χ2v) is 4.35. The topological polar surface area (TPSA) is 39.4 Å². The lowest BCUT2D eigenvalue weighted by Gasteiger charge is -2.08. The van der Waals surface area contributed by atoms with Gasteiger partial charge in [0, 0.05) is 18.0 Å². The van der Waals surface area contributed by atoms with E-state index >= 15 is 0 Å². The van der Waals surface area contributed by atoms with Gasteiger partial charge in [-0.2, -0.15) is 13.2 Å². The number of methoxy groups -OCH3 is 1. The van der Waals surface area contributed by atoms with Gasteiger partial charge in [-0.15, -0.1) is 0 Å². The quantitative estimate of drug-likeness (QED) is 0.726. The highest BCUT2D eigenvalue weighted by atomic mass is 19.4. The summed E-state index contributed by atoms with van der Waals surface area (Å²) in [4.78, 5) is 8.21. The molecule has 0 aliphatic rings. The van der Waals surface area contributed by atoms with Crippen molar-refractivity contribution in [1.82, 2.24) is 14.4 Å². The first kappa shape index (κ1) is 13.4. The Kier molecular flexibility index (Phi) is 3.04. The molecule has 0 amide bonds. The van der Waals surface area contributed by atoms with Crippen LogP contribution in [0.15, 0.2) is 42.9 Å². The van der Waals surface area contributed by atoms with Gasteiger partial charge in [0.2, 0.25) is 5.65 Å². The molecule has 1 aromatic carbocycles. The van der Waals surface area contributed by atoms with Crippen LogP contribution in [0.3, 0.4) is 0 Å². The number of halogens is 3. The van der Waals surface area contributed by atoms with Crippen LogP contribution in [0.25, 0.3) is 16.9 Å². The van der Waals surface area contributed by atoms with E-state index in [1.807, 2.05) is 0 Å². The van der Waals surface area contributed by atoms with Crippen molar-refractivity contribution in [2.24, 2.45) is 0 Å². The number of ether oxygens (including phenoxy) is 1. The molecule has 7 heteroatoms. The van der Waals surface area contributed by atoms with Crippen LogP contribution in [0.1, 0.15) is 5.56 Å². The van der Waals surface area contributed by atoms with Gasteiger partial charge in [0.05, 0.1) is 24.6 Å². The zero-order valence-corrected chi connectivity index (χ0v) is 10.9. The molecular weight excluding hydrogens is 283 g/mol. The Morgan fingerprint density at radius 2 is 1.81 bits per heavy atom. The lowest BCUT2D eigenvalue weighted by molar-refractivity contribution is -0.137. The summed E-state index contributed by atoms with van der Waals surface area (Å²) in [6, 6.07) is 4.93. The van der Waals surface area contributed by atoms with Gasteiger partial charge in [-0.3, -0.25) is 4.40 Å². The lowest BCUT2D eigenvalue weighted by atomic mass is 10.1. The molecule has 0 aliphatic carbocycles. The fourth-order valence-corrected chi connectivity index (χ4v) is 2.08. The molecule has 21 heavy (non-hydrogen) atoms. The Morgan fingerprint density at radius 1 is 1.10 bits per heavy atom. The normalized spacial score (nSPS) is 11.8. The second kappa shape index (κ2) is 4.76. The zero-order chi connectivity index (χ0) is 15.0. The predicted molar refractivity (Wildman–Crippen MR) is 70.0 cm³/mol. The summed E-state index contributed by atoms with van der Waals surface area (Å²) in [5.74, 6) is 0.357. The van der Waals surface area contributed by atoms with Crippen LogP contribution >= 0.6 is 0 Å². The summed E-state index contributed by atoms with van der Waals surface area (Å²) < 4.78 is 44.5. The van der Waals surface area contributed by atoms with E-state index in [0.717, 1.165) is 12.1 Å². The minimum atomic E-state index is -4.34. The van der Waals surface area contributed by atoms with Crippen molar-refractivity contribution >= 4 is 5.65 Å². The van der Waals surface area contributed by atoms with Crippen LogP contribution in [0.2, 0.25) is 0 Å². The first-order chi connectivity index (χ1) is 10.0. The van der Waals surface area contributed by atoms with Gasteiger partial charge in [0.1, 0.15) is 0 Å². The summed E-state index contributed by atoms with van der Waals surface area (Å²) in [5.41, 5.74) is 1.12. The van der Waals surface area contributed by atoms with Gasteiger partial charge < -0.3 is 4.74 Å². The molecule has 0 saturated carbocycles. The average Bonchev–Trinajstić information content (AvgIpc) is 2.90. The van der Waals surface area contributed by atoms with Crippen molar-refractivity contribution in [3.63, 3.8) is 0 Å².